The van der Waals surface area contributed by atoms with Crippen LogP contribution >= 0.6 is 11.6 Å². The number of hydrogen-bond acceptors (Lipinski definition) is 5. The predicted molar refractivity (Wildman–Crippen MR) is 109 cm³/mol. The number of rotatable bonds is 5. The van der Waals surface area contributed by atoms with Gasteiger partial charge in [0, 0.05) is 19.1 Å². The molecule has 4 rings (SSSR count). The lowest BCUT2D eigenvalue weighted by Gasteiger charge is -2.32. The van der Waals surface area contributed by atoms with Crippen molar-refractivity contribution in [2.45, 2.75) is 39.2 Å². The minimum Gasteiger partial charge on any atom is -0.313 e. The Bertz CT molecular complexity index is 899. The van der Waals surface area contributed by atoms with E-state index in [0.717, 1.165) is 49.4 Å². The van der Waals surface area contributed by atoms with Crippen molar-refractivity contribution in [3.8, 4) is 0 Å². The zero-order valence-corrected chi connectivity index (χ0v) is 16.5. The molecule has 1 fully saturated rings. The van der Waals surface area contributed by atoms with Crippen LogP contribution in [-0.2, 0) is 6.42 Å². The number of anilines is 1. The summed E-state index contributed by atoms with van der Waals surface area (Å²) in [6, 6.07) is 11.0. The average Bonchev–Trinajstić information content (AvgIpc) is 3.08. The van der Waals surface area contributed by atoms with Crippen LogP contribution in [0.1, 0.15) is 38.3 Å². The van der Waals surface area contributed by atoms with Gasteiger partial charge in [0.25, 0.3) is 0 Å². The fourth-order valence-corrected chi connectivity index (χ4v) is 3.86. The van der Waals surface area contributed by atoms with Gasteiger partial charge in [-0.3, -0.25) is 0 Å². The molecule has 0 spiro atoms. The van der Waals surface area contributed by atoms with Crippen molar-refractivity contribution in [3.63, 3.8) is 0 Å². The van der Waals surface area contributed by atoms with E-state index in [1.54, 1.807) is 6.33 Å². The molecule has 1 aliphatic heterocycles. The molecule has 27 heavy (non-hydrogen) atoms. The molecule has 3 heterocycles. The van der Waals surface area contributed by atoms with E-state index in [1.165, 1.54) is 5.56 Å². The van der Waals surface area contributed by atoms with Crippen LogP contribution in [0.15, 0.2) is 36.7 Å². The van der Waals surface area contributed by atoms with Gasteiger partial charge in [-0.05, 0) is 56.2 Å². The molecule has 6 nitrogen and oxygen atoms in total. The van der Waals surface area contributed by atoms with Gasteiger partial charge in [-0.15, -0.1) is 0 Å². The summed E-state index contributed by atoms with van der Waals surface area (Å²) in [5, 5.41) is 2.46. The molecule has 0 atom stereocenters. The van der Waals surface area contributed by atoms with Crippen molar-refractivity contribution >= 4 is 28.6 Å². The molecule has 1 saturated heterocycles. The number of nitrogens with zero attached hydrogens (tertiary/aromatic N) is 5. The maximum absolute atomic E-state index is 6.17. The van der Waals surface area contributed by atoms with Gasteiger partial charge in [0.15, 0.2) is 17.0 Å². The zero-order valence-electron chi connectivity index (χ0n) is 15.8. The molecule has 0 bridgehead atoms. The Balaban J connectivity index is 1.43. The fraction of sp³-hybridized carbons (Fsp3) is 0.450. The maximum Gasteiger partial charge on any atom is 0.226 e. The molecule has 0 radical (unpaired) electrons. The Morgan fingerprint density at radius 2 is 1.89 bits per heavy atom. The largest absolute Gasteiger partial charge is 0.313 e. The number of halogens is 1. The standard InChI is InChI=1S/C20H25ClN6/c1-14(2)27-13-22-17-18(23-20(21)24-19(17)27)25-26-10-8-16(9-11-26)12-15-6-4-3-5-7-15/h3-7,13-14,16H,8-12H2,1-2H3,(H,23,24,25). The Morgan fingerprint density at radius 3 is 2.59 bits per heavy atom. The number of aromatic nitrogens is 4. The summed E-state index contributed by atoms with van der Waals surface area (Å²) in [5.41, 5.74) is 6.38. The third kappa shape index (κ3) is 4.06. The first-order valence-electron chi connectivity index (χ1n) is 9.55. The molecular weight excluding hydrogens is 360 g/mol. The van der Waals surface area contributed by atoms with Crippen molar-refractivity contribution in [3.05, 3.63) is 47.5 Å². The third-order valence-corrected chi connectivity index (χ3v) is 5.37. The van der Waals surface area contributed by atoms with Crippen molar-refractivity contribution in [1.29, 1.82) is 0 Å². The number of fused-ring (bicyclic) bond motifs is 1. The van der Waals surface area contributed by atoms with Gasteiger partial charge in [0.1, 0.15) is 0 Å². The van der Waals surface area contributed by atoms with Gasteiger partial charge >= 0.3 is 0 Å². The molecule has 0 saturated carbocycles. The van der Waals surface area contributed by atoms with E-state index in [2.05, 4.69) is 69.6 Å². The van der Waals surface area contributed by atoms with E-state index in [0.29, 0.717) is 5.82 Å². The Hall–Kier alpha value is -2.18. The maximum atomic E-state index is 6.17. The lowest BCUT2D eigenvalue weighted by molar-refractivity contribution is 0.216. The van der Waals surface area contributed by atoms with Gasteiger partial charge in [0.2, 0.25) is 5.28 Å². The van der Waals surface area contributed by atoms with Crippen molar-refractivity contribution in [2.24, 2.45) is 5.92 Å². The summed E-state index contributed by atoms with van der Waals surface area (Å²) in [6.45, 7) is 6.15. The molecule has 1 aliphatic rings. The monoisotopic (exact) mass is 384 g/mol. The van der Waals surface area contributed by atoms with E-state index < -0.39 is 0 Å². The number of benzene rings is 1. The van der Waals surface area contributed by atoms with Crippen LogP contribution in [0.5, 0.6) is 0 Å². The highest BCUT2D eigenvalue weighted by molar-refractivity contribution is 6.28. The highest BCUT2D eigenvalue weighted by Crippen LogP contribution is 2.26. The van der Waals surface area contributed by atoms with Crippen LogP contribution in [0.25, 0.3) is 11.2 Å². The number of nitrogens with one attached hydrogen (secondary N) is 1. The zero-order chi connectivity index (χ0) is 18.8. The number of piperidine rings is 1. The Morgan fingerprint density at radius 1 is 1.15 bits per heavy atom. The molecule has 3 aromatic rings. The second-order valence-electron chi connectivity index (χ2n) is 7.49. The lowest BCUT2D eigenvalue weighted by Crippen LogP contribution is -2.38. The molecule has 2 aromatic heterocycles. The number of hydrazine groups is 1. The molecule has 7 heteroatoms. The molecule has 1 N–H and O–H groups in total. The number of imidazole rings is 1. The first kappa shape index (κ1) is 18.2. The van der Waals surface area contributed by atoms with Crippen molar-refractivity contribution < 1.29 is 0 Å². The second-order valence-corrected chi connectivity index (χ2v) is 7.83. The summed E-state index contributed by atoms with van der Waals surface area (Å²) in [4.78, 5) is 13.3. The van der Waals surface area contributed by atoms with Gasteiger partial charge in [-0.2, -0.15) is 9.97 Å². The van der Waals surface area contributed by atoms with Gasteiger partial charge < -0.3 is 9.99 Å². The lowest BCUT2D eigenvalue weighted by atomic mass is 9.91. The van der Waals surface area contributed by atoms with Crippen LogP contribution in [0.3, 0.4) is 0 Å². The van der Waals surface area contributed by atoms with Crippen LogP contribution < -0.4 is 5.43 Å². The summed E-state index contributed by atoms with van der Waals surface area (Å²) in [5.74, 6) is 1.41. The van der Waals surface area contributed by atoms with E-state index >= 15 is 0 Å². The summed E-state index contributed by atoms with van der Waals surface area (Å²) in [7, 11) is 0. The van der Waals surface area contributed by atoms with Crippen LogP contribution in [0.2, 0.25) is 5.28 Å². The Kier molecular flexibility index (Phi) is 5.27. The molecule has 0 amide bonds. The van der Waals surface area contributed by atoms with Crippen LogP contribution in [0.4, 0.5) is 5.82 Å². The first-order valence-corrected chi connectivity index (χ1v) is 9.93. The SMILES string of the molecule is CC(C)n1cnc2c(NN3CCC(Cc4ccccc4)CC3)nc(Cl)nc21. The first-order chi connectivity index (χ1) is 13.1. The molecule has 142 valence electrons. The van der Waals surface area contributed by atoms with E-state index in [4.69, 9.17) is 11.6 Å². The topological polar surface area (TPSA) is 58.9 Å². The summed E-state index contributed by atoms with van der Waals surface area (Å²) in [6.07, 6.45) is 5.27. The van der Waals surface area contributed by atoms with Crippen LogP contribution in [0, 0.1) is 5.92 Å². The highest BCUT2D eigenvalue weighted by Gasteiger charge is 2.21. The second kappa shape index (κ2) is 7.82. The van der Waals surface area contributed by atoms with E-state index in [9.17, 15) is 0 Å². The molecule has 1 aromatic carbocycles. The number of hydrogen-bond donors (Lipinski definition) is 1. The third-order valence-electron chi connectivity index (χ3n) is 5.20. The smallest absolute Gasteiger partial charge is 0.226 e. The quantitative estimate of drug-likeness (QED) is 0.663. The Labute approximate surface area is 164 Å². The van der Waals surface area contributed by atoms with Gasteiger partial charge in [-0.25, -0.2) is 9.99 Å². The van der Waals surface area contributed by atoms with E-state index in [-0.39, 0.29) is 11.3 Å². The van der Waals surface area contributed by atoms with Gasteiger partial charge in [-0.1, -0.05) is 30.3 Å². The minimum absolute atomic E-state index is 0.242. The van der Waals surface area contributed by atoms with Gasteiger partial charge in [0.05, 0.1) is 6.33 Å². The van der Waals surface area contributed by atoms with Crippen molar-refractivity contribution in [2.75, 3.05) is 18.5 Å². The molecular formula is C20H25ClN6. The van der Waals surface area contributed by atoms with Crippen molar-refractivity contribution in [1.82, 2.24) is 24.5 Å². The normalized spacial score (nSPS) is 16.3. The van der Waals surface area contributed by atoms with E-state index in [1.807, 2.05) is 4.57 Å². The summed E-state index contributed by atoms with van der Waals surface area (Å²) >= 11 is 6.17. The fourth-order valence-electron chi connectivity index (χ4n) is 3.69. The minimum atomic E-state index is 0.242. The van der Waals surface area contributed by atoms with Crippen LogP contribution in [-0.4, -0.2) is 37.6 Å². The molecule has 0 unspecified atom stereocenters. The summed E-state index contributed by atoms with van der Waals surface area (Å²) < 4.78 is 2.01. The molecule has 0 aliphatic carbocycles. The average molecular weight is 385 g/mol. The highest BCUT2D eigenvalue weighted by atomic mass is 35.5. The predicted octanol–water partition coefficient (Wildman–Crippen LogP) is 4.34.